The monoisotopic (exact) mass is 450 g/mol. The van der Waals surface area contributed by atoms with Gasteiger partial charge in [0, 0.05) is 64.0 Å². The van der Waals surface area contributed by atoms with E-state index in [1.54, 1.807) is 7.11 Å². The van der Waals surface area contributed by atoms with E-state index < -0.39 is 0 Å². The van der Waals surface area contributed by atoms with Crippen LogP contribution in [0.4, 0.5) is 0 Å². The van der Waals surface area contributed by atoms with Gasteiger partial charge < -0.3 is 9.64 Å². The molecule has 0 aromatic heterocycles. The molecule has 6 heteroatoms. The van der Waals surface area contributed by atoms with Crippen molar-refractivity contribution < 1.29 is 9.53 Å². The SMILES string of the molecule is COc1ccccc1CN1CCN(C(=O)CN2CCC(N(C)Cc3ccccc3)CC2)CC1. The van der Waals surface area contributed by atoms with Crippen molar-refractivity contribution >= 4 is 5.91 Å². The first kappa shape index (κ1) is 23.7. The second kappa shape index (κ2) is 11.6. The largest absolute Gasteiger partial charge is 0.496 e. The third kappa shape index (κ3) is 6.56. The molecule has 6 nitrogen and oxygen atoms in total. The number of hydrogen-bond acceptors (Lipinski definition) is 5. The van der Waals surface area contributed by atoms with Crippen molar-refractivity contribution in [2.45, 2.75) is 32.0 Å². The Morgan fingerprint density at radius 2 is 1.58 bits per heavy atom. The van der Waals surface area contributed by atoms with Gasteiger partial charge in [0.2, 0.25) is 5.91 Å². The van der Waals surface area contributed by atoms with E-state index in [0.717, 1.165) is 70.9 Å². The van der Waals surface area contributed by atoms with E-state index in [-0.39, 0.29) is 5.91 Å². The van der Waals surface area contributed by atoms with Crippen LogP contribution < -0.4 is 4.74 Å². The molecule has 0 aliphatic carbocycles. The van der Waals surface area contributed by atoms with Gasteiger partial charge in [0.15, 0.2) is 0 Å². The van der Waals surface area contributed by atoms with Crippen LogP contribution in [0.3, 0.4) is 0 Å². The fourth-order valence-electron chi connectivity index (χ4n) is 5.04. The Balaban J connectivity index is 1.17. The summed E-state index contributed by atoms with van der Waals surface area (Å²) >= 11 is 0. The average molecular weight is 451 g/mol. The highest BCUT2D eigenvalue weighted by molar-refractivity contribution is 5.78. The van der Waals surface area contributed by atoms with Crippen LogP contribution in [0.5, 0.6) is 5.75 Å². The van der Waals surface area contributed by atoms with Crippen LogP contribution in [0, 0.1) is 0 Å². The lowest BCUT2D eigenvalue weighted by Crippen LogP contribution is -2.52. The molecule has 1 amide bonds. The summed E-state index contributed by atoms with van der Waals surface area (Å²) in [7, 11) is 3.95. The fourth-order valence-corrected chi connectivity index (χ4v) is 5.04. The van der Waals surface area contributed by atoms with E-state index >= 15 is 0 Å². The van der Waals surface area contributed by atoms with Crippen molar-refractivity contribution in [2.75, 3.05) is 60.0 Å². The molecule has 33 heavy (non-hydrogen) atoms. The molecule has 0 spiro atoms. The van der Waals surface area contributed by atoms with Gasteiger partial charge in [-0.15, -0.1) is 0 Å². The van der Waals surface area contributed by atoms with E-state index in [2.05, 4.69) is 64.2 Å². The molecular weight excluding hydrogens is 412 g/mol. The van der Waals surface area contributed by atoms with E-state index in [1.807, 2.05) is 17.0 Å². The third-order valence-electron chi connectivity index (χ3n) is 7.13. The lowest BCUT2D eigenvalue weighted by atomic mass is 10.0. The second-order valence-electron chi connectivity index (χ2n) is 9.38. The lowest BCUT2D eigenvalue weighted by Gasteiger charge is -2.39. The normalized spacial score (nSPS) is 18.6. The van der Waals surface area contributed by atoms with Gasteiger partial charge in [0.1, 0.15) is 5.75 Å². The van der Waals surface area contributed by atoms with Crippen LogP contribution >= 0.6 is 0 Å². The van der Waals surface area contributed by atoms with Gasteiger partial charge >= 0.3 is 0 Å². The lowest BCUT2D eigenvalue weighted by molar-refractivity contribution is -0.134. The number of para-hydroxylation sites is 1. The molecule has 0 atom stereocenters. The minimum atomic E-state index is 0.281. The molecule has 178 valence electrons. The molecule has 0 bridgehead atoms. The maximum atomic E-state index is 12.9. The number of methoxy groups -OCH3 is 1. The Bertz CT molecular complexity index is 875. The quantitative estimate of drug-likeness (QED) is 0.618. The predicted octanol–water partition coefficient (Wildman–Crippen LogP) is 2.94. The van der Waals surface area contributed by atoms with Crippen molar-refractivity contribution in [3.05, 3.63) is 65.7 Å². The topological polar surface area (TPSA) is 39.3 Å². The highest BCUT2D eigenvalue weighted by Crippen LogP contribution is 2.21. The molecule has 2 saturated heterocycles. The van der Waals surface area contributed by atoms with Gasteiger partial charge in [-0.25, -0.2) is 0 Å². The van der Waals surface area contributed by atoms with Gasteiger partial charge in [0.25, 0.3) is 0 Å². The van der Waals surface area contributed by atoms with Crippen LogP contribution in [0.2, 0.25) is 0 Å². The number of hydrogen-bond donors (Lipinski definition) is 0. The number of carbonyl (C=O) groups is 1. The highest BCUT2D eigenvalue weighted by Gasteiger charge is 2.27. The Morgan fingerprint density at radius 3 is 2.27 bits per heavy atom. The molecule has 2 aliphatic rings. The molecule has 2 aromatic carbocycles. The third-order valence-corrected chi connectivity index (χ3v) is 7.13. The smallest absolute Gasteiger partial charge is 0.236 e. The van der Waals surface area contributed by atoms with Gasteiger partial charge in [-0.1, -0.05) is 48.5 Å². The summed E-state index contributed by atoms with van der Waals surface area (Å²) in [6, 6.07) is 19.5. The number of piperidine rings is 1. The number of piperazine rings is 1. The number of rotatable bonds is 8. The van der Waals surface area contributed by atoms with Gasteiger partial charge in [-0.05, 0) is 31.5 Å². The van der Waals surface area contributed by atoms with E-state index in [9.17, 15) is 4.79 Å². The Labute approximate surface area is 198 Å². The zero-order valence-corrected chi connectivity index (χ0v) is 20.2. The number of nitrogens with zero attached hydrogens (tertiary/aromatic N) is 4. The maximum absolute atomic E-state index is 12.9. The Hall–Kier alpha value is -2.41. The van der Waals surface area contributed by atoms with Crippen molar-refractivity contribution in [3.8, 4) is 5.75 Å². The minimum absolute atomic E-state index is 0.281. The first-order valence-corrected chi connectivity index (χ1v) is 12.2. The van der Waals surface area contributed by atoms with Crippen molar-refractivity contribution in [1.82, 2.24) is 19.6 Å². The van der Waals surface area contributed by atoms with Crippen LogP contribution in [0.25, 0.3) is 0 Å². The molecule has 4 rings (SSSR count). The van der Waals surface area contributed by atoms with Gasteiger partial charge in [0.05, 0.1) is 13.7 Å². The summed E-state index contributed by atoms with van der Waals surface area (Å²) in [5.74, 6) is 1.22. The van der Waals surface area contributed by atoms with Crippen LogP contribution in [-0.4, -0.2) is 91.5 Å². The summed E-state index contributed by atoms with van der Waals surface area (Å²) in [5, 5.41) is 0. The van der Waals surface area contributed by atoms with Gasteiger partial charge in [-0.2, -0.15) is 0 Å². The molecule has 0 N–H and O–H groups in total. The number of ether oxygens (including phenoxy) is 1. The minimum Gasteiger partial charge on any atom is -0.496 e. The standard InChI is InChI=1S/C27H38N4O2/c1-28(20-23-8-4-3-5-9-23)25-12-14-29(15-13-25)22-27(32)31-18-16-30(17-19-31)21-24-10-6-7-11-26(24)33-2/h3-11,25H,12-22H2,1-2H3. The second-order valence-corrected chi connectivity index (χ2v) is 9.38. The number of benzene rings is 2. The molecule has 0 unspecified atom stereocenters. The van der Waals surface area contributed by atoms with Gasteiger partial charge in [-0.3, -0.25) is 19.5 Å². The summed E-state index contributed by atoms with van der Waals surface area (Å²) in [6.45, 7) is 7.87. The molecule has 0 saturated carbocycles. The highest BCUT2D eigenvalue weighted by atomic mass is 16.5. The van der Waals surface area contributed by atoms with E-state index in [1.165, 1.54) is 11.1 Å². The molecular formula is C27H38N4O2. The van der Waals surface area contributed by atoms with Crippen molar-refractivity contribution in [3.63, 3.8) is 0 Å². The number of carbonyl (C=O) groups excluding carboxylic acids is 1. The van der Waals surface area contributed by atoms with E-state index in [4.69, 9.17) is 4.74 Å². The first-order valence-electron chi connectivity index (χ1n) is 12.2. The Kier molecular flexibility index (Phi) is 8.37. The predicted molar refractivity (Wildman–Crippen MR) is 132 cm³/mol. The molecule has 2 aromatic rings. The summed E-state index contributed by atoms with van der Waals surface area (Å²) in [6.07, 6.45) is 2.26. The number of amides is 1. The van der Waals surface area contributed by atoms with Crippen LogP contribution in [-0.2, 0) is 17.9 Å². The summed E-state index contributed by atoms with van der Waals surface area (Å²) < 4.78 is 5.48. The number of likely N-dealkylation sites (tertiary alicyclic amines) is 1. The summed E-state index contributed by atoms with van der Waals surface area (Å²) in [4.78, 5) is 22.2. The summed E-state index contributed by atoms with van der Waals surface area (Å²) in [5.41, 5.74) is 2.57. The first-order chi connectivity index (χ1) is 16.1. The molecule has 2 fully saturated rings. The molecule has 2 aliphatic heterocycles. The molecule has 2 heterocycles. The average Bonchev–Trinajstić information content (AvgIpc) is 2.86. The zero-order chi connectivity index (χ0) is 23.0. The fraction of sp³-hybridized carbons (Fsp3) is 0.519. The van der Waals surface area contributed by atoms with Crippen molar-refractivity contribution in [2.24, 2.45) is 0 Å². The van der Waals surface area contributed by atoms with Crippen molar-refractivity contribution in [1.29, 1.82) is 0 Å². The van der Waals surface area contributed by atoms with E-state index in [0.29, 0.717) is 12.6 Å². The maximum Gasteiger partial charge on any atom is 0.236 e. The zero-order valence-electron chi connectivity index (χ0n) is 20.2. The van der Waals surface area contributed by atoms with Crippen LogP contribution in [0.15, 0.2) is 54.6 Å². The molecule has 0 radical (unpaired) electrons. The van der Waals surface area contributed by atoms with Crippen LogP contribution in [0.1, 0.15) is 24.0 Å². The Morgan fingerprint density at radius 1 is 0.909 bits per heavy atom.